The molecule has 0 spiro atoms. The quantitative estimate of drug-likeness (QED) is 0.558. The maximum absolute atomic E-state index is 11.2. The van der Waals surface area contributed by atoms with Gasteiger partial charge >= 0.3 is 0 Å². The highest BCUT2D eigenvalue weighted by Gasteiger charge is 2.60. The largest absolute Gasteiger partial charge is 0.508 e. The van der Waals surface area contributed by atoms with Crippen LogP contribution in [0.25, 0.3) is 0 Å². The Kier molecular flexibility index (Phi) is 3.92. The zero-order valence-electron chi connectivity index (χ0n) is 14.0. The van der Waals surface area contributed by atoms with Crippen LogP contribution >= 0.6 is 22.6 Å². The molecule has 1 aromatic rings. The first kappa shape index (κ1) is 16.7. The standard InChI is InChI=1S/C20H25IO3/c1-19-6-4-15-14(16(19)5-7-20(19,24)8-9-21)3-2-12-10-13(22)11-17(23)18(12)15/h8-11,14-16,22-24H,2-7H2,1H3/b9-8+/t14-,15+,16+,19+,20-/m1/s1. The Morgan fingerprint density at radius 2 is 1.96 bits per heavy atom. The first-order valence-corrected chi connectivity index (χ1v) is 10.2. The van der Waals surface area contributed by atoms with Crippen molar-refractivity contribution in [1.29, 1.82) is 0 Å². The summed E-state index contributed by atoms with van der Waals surface area (Å²) in [5.41, 5.74) is 1.41. The van der Waals surface area contributed by atoms with Gasteiger partial charge in [-0.1, -0.05) is 29.5 Å². The molecule has 0 aliphatic heterocycles. The molecule has 0 aromatic heterocycles. The minimum absolute atomic E-state index is 0.0696. The van der Waals surface area contributed by atoms with E-state index >= 15 is 0 Å². The van der Waals surface area contributed by atoms with Crippen molar-refractivity contribution in [3.05, 3.63) is 33.4 Å². The number of aryl methyl sites for hydroxylation is 1. The summed E-state index contributed by atoms with van der Waals surface area (Å²) in [4.78, 5) is 0. The maximum Gasteiger partial charge on any atom is 0.123 e. The second-order valence-corrected chi connectivity index (χ2v) is 8.88. The molecule has 24 heavy (non-hydrogen) atoms. The van der Waals surface area contributed by atoms with Gasteiger partial charge in [-0.15, -0.1) is 0 Å². The van der Waals surface area contributed by atoms with Crippen LogP contribution in [0.2, 0.25) is 0 Å². The molecule has 3 N–H and O–H groups in total. The van der Waals surface area contributed by atoms with E-state index < -0.39 is 5.60 Å². The number of hydrogen-bond acceptors (Lipinski definition) is 3. The van der Waals surface area contributed by atoms with Crippen molar-refractivity contribution in [2.45, 2.75) is 57.0 Å². The van der Waals surface area contributed by atoms with E-state index in [0.29, 0.717) is 17.8 Å². The highest BCUT2D eigenvalue weighted by Crippen LogP contribution is 2.65. The van der Waals surface area contributed by atoms with E-state index in [2.05, 4.69) is 29.5 Å². The number of halogens is 1. The minimum Gasteiger partial charge on any atom is -0.508 e. The Bertz CT molecular complexity index is 700. The van der Waals surface area contributed by atoms with Gasteiger partial charge in [0.2, 0.25) is 0 Å². The smallest absolute Gasteiger partial charge is 0.123 e. The first-order valence-electron chi connectivity index (χ1n) is 8.95. The van der Waals surface area contributed by atoms with Crippen molar-refractivity contribution in [2.24, 2.45) is 17.3 Å². The van der Waals surface area contributed by atoms with Crippen molar-refractivity contribution in [3.63, 3.8) is 0 Å². The molecule has 0 amide bonds. The van der Waals surface area contributed by atoms with E-state index in [4.69, 9.17) is 0 Å². The van der Waals surface area contributed by atoms with Crippen molar-refractivity contribution >= 4 is 22.6 Å². The number of hydrogen-bond donors (Lipinski definition) is 3. The summed E-state index contributed by atoms with van der Waals surface area (Å²) in [7, 11) is 0. The molecule has 5 atom stereocenters. The lowest BCUT2D eigenvalue weighted by Crippen LogP contribution is -2.49. The molecule has 0 heterocycles. The molecule has 3 aliphatic carbocycles. The van der Waals surface area contributed by atoms with Crippen LogP contribution in [0.15, 0.2) is 22.3 Å². The number of aromatic hydroxyl groups is 2. The van der Waals surface area contributed by atoms with E-state index in [1.165, 1.54) is 6.07 Å². The van der Waals surface area contributed by atoms with Crippen LogP contribution < -0.4 is 0 Å². The Balaban J connectivity index is 1.73. The lowest BCUT2D eigenvalue weighted by Gasteiger charge is -2.52. The van der Waals surface area contributed by atoms with Crippen molar-refractivity contribution in [3.8, 4) is 11.5 Å². The second-order valence-electron chi connectivity index (χ2n) is 8.16. The van der Waals surface area contributed by atoms with Crippen LogP contribution in [0.4, 0.5) is 0 Å². The van der Waals surface area contributed by atoms with Gasteiger partial charge in [0.05, 0.1) is 5.60 Å². The zero-order chi connectivity index (χ0) is 17.1. The van der Waals surface area contributed by atoms with Gasteiger partial charge in [0.1, 0.15) is 11.5 Å². The van der Waals surface area contributed by atoms with Crippen LogP contribution in [0.5, 0.6) is 11.5 Å². The maximum atomic E-state index is 11.2. The zero-order valence-corrected chi connectivity index (χ0v) is 16.2. The fourth-order valence-corrected chi connectivity index (χ4v) is 6.71. The van der Waals surface area contributed by atoms with Crippen LogP contribution in [-0.4, -0.2) is 20.9 Å². The predicted octanol–water partition coefficient (Wildman–Crippen LogP) is 4.63. The summed E-state index contributed by atoms with van der Waals surface area (Å²) in [5.74, 6) is 1.79. The number of fused-ring (bicyclic) bond motifs is 5. The van der Waals surface area contributed by atoms with Gasteiger partial charge in [0.15, 0.2) is 0 Å². The van der Waals surface area contributed by atoms with Gasteiger partial charge in [0, 0.05) is 17.0 Å². The van der Waals surface area contributed by atoms with E-state index in [9.17, 15) is 15.3 Å². The van der Waals surface area contributed by atoms with Crippen molar-refractivity contribution in [1.82, 2.24) is 0 Å². The molecule has 0 unspecified atom stereocenters. The molecule has 3 nitrogen and oxygen atoms in total. The average molecular weight is 440 g/mol. The summed E-state index contributed by atoms with van der Waals surface area (Å²) in [6, 6.07) is 3.31. The highest BCUT2D eigenvalue weighted by molar-refractivity contribution is 14.1. The van der Waals surface area contributed by atoms with Gasteiger partial charge < -0.3 is 15.3 Å². The Labute approximate surface area is 156 Å². The van der Waals surface area contributed by atoms with Crippen LogP contribution in [0.1, 0.15) is 56.1 Å². The fourth-order valence-electron chi connectivity index (χ4n) is 6.12. The summed E-state index contributed by atoms with van der Waals surface area (Å²) in [6.07, 6.45) is 7.88. The molecule has 4 rings (SSSR count). The molecule has 0 saturated heterocycles. The van der Waals surface area contributed by atoms with Gasteiger partial charge in [-0.05, 0) is 78.1 Å². The monoisotopic (exact) mass is 440 g/mol. The van der Waals surface area contributed by atoms with Gasteiger partial charge in [0.25, 0.3) is 0 Å². The lowest BCUT2D eigenvalue weighted by molar-refractivity contribution is -0.0709. The van der Waals surface area contributed by atoms with Crippen LogP contribution in [0, 0.1) is 17.3 Å². The number of phenols is 2. The topological polar surface area (TPSA) is 60.7 Å². The van der Waals surface area contributed by atoms with E-state index in [0.717, 1.165) is 49.7 Å². The Morgan fingerprint density at radius 1 is 1.17 bits per heavy atom. The van der Waals surface area contributed by atoms with Gasteiger partial charge in [-0.3, -0.25) is 0 Å². The SMILES string of the molecule is C[C@]12CC[C@@H]3c4c(O)cc(O)cc4CC[C@H]3[C@@H]1CC[C@@]2(O)/C=C/I. The molecule has 2 fully saturated rings. The highest BCUT2D eigenvalue weighted by atomic mass is 127. The number of rotatable bonds is 1. The van der Waals surface area contributed by atoms with Gasteiger partial charge in [-0.25, -0.2) is 0 Å². The Morgan fingerprint density at radius 3 is 2.71 bits per heavy atom. The van der Waals surface area contributed by atoms with Gasteiger partial charge in [-0.2, -0.15) is 0 Å². The molecule has 130 valence electrons. The van der Waals surface area contributed by atoms with Crippen LogP contribution in [-0.2, 0) is 6.42 Å². The lowest BCUT2D eigenvalue weighted by atomic mass is 9.53. The molecule has 0 radical (unpaired) electrons. The van der Waals surface area contributed by atoms with E-state index in [1.54, 1.807) is 0 Å². The number of benzene rings is 1. The third kappa shape index (κ3) is 2.18. The third-order valence-corrected chi connectivity index (χ3v) is 7.70. The summed E-state index contributed by atoms with van der Waals surface area (Å²) < 4.78 is 1.96. The third-order valence-electron chi connectivity index (χ3n) is 7.34. The normalized spacial score (nSPS) is 41.0. The fraction of sp³-hybridized carbons (Fsp3) is 0.600. The molecule has 2 saturated carbocycles. The van der Waals surface area contributed by atoms with Crippen molar-refractivity contribution in [2.75, 3.05) is 0 Å². The second kappa shape index (κ2) is 5.63. The minimum atomic E-state index is -0.693. The molecule has 0 bridgehead atoms. The predicted molar refractivity (Wildman–Crippen MR) is 102 cm³/mol. The molecule has 3 aliphatic rings. The van der Waals surface area contributed by atoms with E-state index in [-0.39, 0.29) is 16.9 Å². The first-order chi connectivity index (χ1) is 11.4. The molecule has 4 heteroatoms. The summed E-state index contributed by atoms with van der Waals surface area (Å²) in [6.45, 7) is 2.27. The molecular weight excluding hydrogens is 415 g/mol. The van der Waals surface area contributed by atoms with Crippen LogP contribution in [0.3, 0.4) is 0 Å². The van der Waals surface area contributed by atoms with E-state index in [1.807, 2.05) is 16.2 Å². The summed E-state index contributed by atoms with van der Waals surface area (Å²) in [5, 5.41) is 31.5. The summed E-state index contributed by atoms with van der Waals surface area (Å²) >= 11 is 2.20. The molecular formula is C20H25IO3. The average Bonchev–Trinajstić information content (AvgIpc) is 2.79. The Hall–Kier alpha value is -0.750. The number of phenolic OH excluding ortho intramolecular Hbond substituents is 2. The van der Waals surface area contributed by atoms with Crippen molar-refractivity contribution < 1.29 is 15.3 Å². The molecule has 1 aromatic carbocycles. The number of aliphatic hydroxyl groups is 1.